The Kier molecular flexibility index (Phi) is 2.91. The molecular formula is C14H9BrN2O2. The van der Waals surface area contributed by atoms with Crippen LogP contribution in [0.25, 0.3) is 0 Å². The van der Waals surface area contributed by atoms with E-state index in [4.69, 9.17) is 0 Å². The quantitative estimate of drug-likeness (QED) is 0.632. The van der Waals surface area contributed by atoms with E-state index >= 15 is 0 Å². The Morgan fingerprint density at radius 3 is 2.21 bits per heavy atom. The molecule has 2 amide bonds. The highest BCUT2D eigenvalue weighted by Gasteiger charge is 2.37. The molecule has 0 radical (unpaired) electrons. The van der Waals surface area contributed by atoms with Gasteiger partial charge in [0.2, 0.25) is 0 Å². The van der Waals surface area contributed by atoms with E-state index in [2.05, 4.69) is 20.9 Å². The molecule has 3 rings (SSSR count). The van der Waals surface area contributed by atoms with Gasteiger partial charge in [0.15, 0.2) is 0 Å². The summed E-state index contributed by atoms with van der Waals surface area (Å²) >= 11 is 3.34. The van der Waals surface area contributed by atoms with Gasteiger partial charge in [0.05, 0.1) is 11.1 Å². The molecule has 0 atom stereocenters. The zero-order valence-corrected chi connectivity index (χ0v) is 11.4. The van der Waals surface area contributed by atoms with E-state index < -0.39 is 0 Å². The summed E-state index contributed by atoms with van der Waals surface area (Å²) in [5, 5.41) is 0.531. The van der Waals surface area contributed by atoms with Gasteiger partial charge in [-0.2, -0.15) is 0 Å². The van der Waals surface area contributed by atoms with Gasteiger partial charge in [0.25, 0.3) is 11.8 Å². The first kappa shape index (κ1) is 12.0. The van der Waals surface area contributed by atoms with Crippen LogP contribution < -0.4 is 4.90 Å². The van der Waals surface area contributed by atoms with E-state index in [-0.39, 0.29) is 11.8 Å². The summed E-state index contributed by atoms with van der Waals surface area (Å²) in [6, 6.07) is 10.4. The lowest BCUT2D eigenvalue weighted by atomic mass is 10.1. The molecule has 2 heterocycles. The average molecular weight is 317 g/mol. The molecule has 1 aliphatic rings. The van der Waals surface area contributed by atoms with E-state index in [1.807, 2.05) is 6.07 Å². The van der Waals surface area contributed by atoms with E-state index in [9.17, 15) is 9.59 Å². The first-order chi connectivity index (χ1) is 9.24. The minimum atomic E-state index is -0.318. The average Bonchev–Trinajstić information content (AvgIpc) is 2.71. The van der Waals surface area contributed by atoms with Crippen LogP contribution >= 0.6 is 15.9 Å². The van der Waals surface area contributed by atoms with Crippen LogP contribution in [0.15, 0.2) is 42.6 Å². The highest BCUT2D eigenvalue weighted by molar-refractivity contribution is 9.08. The second-order valence-electron chi connectivity index (χ2n) is 4.11. The fourth-order valence-electron chi connectivity index (χ4n) is 2.12. The van der Waals surface area contributed by atoms with Crippen LogP contribution in [-0.4, -0.2) is 16.8 Å². The highest BCUT2D eigenvalue weighted by atomic mass is 79.9. The minimum absolute atomic E-state index is 0.318. The number of carbonyl (C=O) groups is 2. The van der Waals surface area contributed by atoms with Gasteiger partial charge >= 0.3 is 0 Å². The number of pyridine rings is 1. The number of aromatic nitrogens is 1. The fraction of sp³-hybridized carbons (Fsp3) is 0.0714. The maximum Gasteiger partial charge on any atom is 0.267 e. The number of alkyl halides is 1. The number of nitrogens with zero attached hydrogens (tertiary/aromatic N) is 2. The minimum Gasteiger partial charge on any atom is -0.268 e. The molecule has 4 nitrogen and oxygen atoms in total. The van der Waals surface area contributed by atoms with Gasteiger partial charge in [-0.25, -0.2) is 9.88 Å². The van der Waals surface area contributed by atoms with Crippen LogP contribution in [0.3, 0.4) is 0 Å². The topological polar surface area (TPSA) is 50.3 Å². The Hall–Kier alpha value is -2.01. The van der Waals surface area contributed by atoms with Crippen LogP contribution in [0, 0.1) is 0 Å². The van der Waals surface area contributed by atoms with Gasteiger partial charge in [0, 0.05) is 17.1 Å². The first-order valence-electron chi connectivity index (χ1n) is 5.71. The molecule has 1 aromatic heterocycles. The number of halogens is 1. The van der Waals surface area contributed by atoms with Gasteiger partial charge in [-0.15, -0.1) is 0 Å². The van der Waals surface area contributed by atoms with Crippen molar-refractivity contribution in [2.75, 3.05) is 4.90 Å². The third kappa shape index (κ3) is 1.77. The molecule has 0 spiro atoms. The number of rotatable bonds is 2. The third-order valence-corrected chi connectivity index (χ3v) is 3.62. The molecule has 1 aliphatic heterocycles. The number of amides is 2. The molecule has 1 aromatic carbocycles. The summed E-state index contributed by atoms with van der Waals surface area (Å²) in [7, 11) is 0. The molecule has 0 bridgehead atoms. The summed E-state index contributed by atoms with van der Waals surface area (Å²) in [6.45, 7) is 0. The van der Waals surface area contributed by atoms with Crippen molar-refractivity contribution in [3.63, 3.8) is 0 Å². The van der Waals surface area contributed by atoms with E-state index in [1.54, 1.807) is 36.5 Å². The molecule has 0 saturated carbocycles. The molecule has 0 fully saturated rings. The van der Waals surface area contributed by atoms with E-state index in [0.29, 0.717) is 22.3 Å². The Balaban J connectivity index is 2.14. The van der Waals surface area contributed by atoms with Crippen LogP contribution in [0.2, 0.25) is 0 Å². The second-order valence-corrected chi connectivity index (χ2v) is 4.67. The monoisotopic (exact) mass is 316 g/mol. The predicted octanol–water partition coefficient (Wildman–Crippen LogP) is 2.78. The van der Waals surface area contributed by atoms with Crippen LogP contribution in [0.1, 0.15) is 26.3 Å². The zero-order valence-electron chi connectivity index (χ0n) is 9.84. The van der Waals surface area contributed by atoms with E-state index in [1.165, 1.54) is 0 Å². The van der Waals surface area contributed by atoms with Crippen molar-refractivity contribution in [2.24, 2.45) is 0 Å². The summed E-state index contributed by atoms with van der Waals surface area (Å²) in [4.78, 5) is 30.0. The van der Waals surface area contributed by atoms with Crippen LogP contribution in [0.4, 0.5) is 5.82 Å². The normalized spacial score (nSPS) is 13.8. The lowest BCUT2D eigenvalue weighted by Crippen LogP contribution is -2.31. The van der Waals surface area contributed by atoms with E-state index in [0.717, 1.165) is 10.5 Å². The largest absolute Gasteiger partial charge is 0.268 e. The smallest absolute Gasteiger partial charge is 0.267 e. The molecule has 0 aliphatic carbocycles. The fourth-order valence-corrected chi connectivity index (χ4v) is 2.56. The predicted molar refractivity (Wildman–Crippen MR) is 74.5 cm³/mol. The van der Waals surface area contributed by atoms with Gasteiger partial charge in [-0.1, -0.05) is 34.1 Å². The summed E-state index contributed by atoms with van der Waals surface area (Å²) < 4.78 is 0. The van der Waals surface area contributed by atoms with Gasteiger partial charge in [0.1, 0.15) is 5.82 Å². The molecule has 0 saturated heterocycles. The molecule has 2 aromatic rings. The van der Waals surface area contributed by atoms with Crippen molar-refractivity contribution >= 4 is 33.6 Å². The lowest BCUT2D eigenvalue weighted by Gasteiger charge is -2.15. The maximum atomic E-state index is 12.3. The number of hydrogen-bond donors (Lipinski definition) is 0. The number of carbonyl (C=O) groups excluding carboxylic acids is 2. The van der Waals surface area contributed by atoms with Gasteiger partial charge < -0.3 is 0 Å². The Morgan fingerprint density at radius 1 is 1.00 bits per heavy atom. The Morgan fingerprint density at radius 2 is 1.63 bits per heavy atom. The SMILES string of the molecule is O=C1c2ccccc2C(=O)N1c1ncccc1CBr. The van der Waals surface area contributed by atoms with Crippen molar-refractivity contribution in [3.8, 4) is 0 Å². The molecular weight excluding hydrogens is 308 g/mol. The number of benzene rings is 1. The van der Waals surface area contributed by atoms with Crippen molar-refractivity contribution in [1.82, 2.24) is 4.98 Å². The Bertz CT molecular complexity index is 650. The lowest BCUT2D eigenvalue weighted by molar-refractivity contribution is 0.0925. The summed E-state index contributed by atoms with van der Waals surface area (Å²) in [5.41, 5.74) is 1.66. The van der Waals surface area contributed by atoms with Crippen molar-refractivity contribution in [1.29, 1.82) is 0 Å². The van der Waals surface area contributed by atoms with Crippen LogP contribution in [0.5, 0.6) is 0 Å². The molecule has 0 N–H and O–H groups in total. The van der Waals surface area contributed by atoms with Crippen molar-refractivity contribution in [3.05, 3.63) is 59.3 Å². The van der Waals surface area contributed by atoms with Crippen LogP contribution in [-0.2, 0) is 5.33 Å². The third-order valence-electron chi connectivity index (χ3n) is 3.02. The molecule has 0 unspecified atom stereocenters. The summed E-state index contributed by atoms with van der Waals surface area (Å²) in [6.07, 6.45) is 1.57. The summed E-state index contributed by atoms with van der Waals surface area (Å²) in [5.74, 6) is -0.242. The second kappa shape index (κ2) is 4.59. The molecule has 94 valence electrons. The highest BCUT2D eigenvalue weighted by Crippen LogP contribution is 2.29. The van der Waals surface area contributed by atoms with Crippen molar-refractivity contribution < 1.29 is 9.59 Å². The number of anilines is 1. The molecule has 5 heteroatoms. The number of fused-ring (bicyclic) bond motifs is 1. The van der Waals surface area contributed by atoms with Gasteiger partial charge in [-0.3, -0.25) is 9.59 Å². The first-order valence-corrected chi connectivity index (χ1v) is 6.84. The van der Waals surface area contributed by atoms with Gasteiger partial charge in [-0.05, 0) is 18.2 Å². The van der Waals surface area contributed by atoms with Crippen molar-refractivity contribution in [2.45, 2.75) is 5.33 Å². The Labute approximate surface area is 118 Å². The standard InChI is InChI=1S/C14H9BrN2O2/c15-8-9-4-3-7-16-12(9)17-13(18)10-5-1-2-6-11(10)14(17)19/h1-7H,8H2. The number of hydrogen-bond acceptors (Lipinski definition) is 3. The number of imide groups is 1. The zero-order chi connectivity index (χ0) is 13.4. The maximum absolute atomic E-state index is 12.3. The molecule has 19 heavy (non-hydrogen) atoms.